The van der Waals surface area contributed by atoms with Gasteiger partial charge in [-0.2, -0.15) is 4.72 Å². The van der Waals surface area contributed by atoms with E-state index in [2.05, 4.69) is 4.72 Å². The van der Waals surface area contributed by atoms with Gasteiger partial charge in [0, 0.05) is 12.6 Å². The summed E-state index contributed by atoms with van der Waals surface area (Å²) in [4.78, 5) is 14.1. The molecule has 0 spiro atoms. The van der Waals surface area contributed by atoms with Crippen LogP contribution in [0.4, 0.5) is 5.69 Å². The number of carbonyl (C=O) groups is 1. The van der Waals surface area contributed by atoms with Gasteiger partial charge in [0.05, 0.1) is 23.7 Å². The Morgan fingerprint density at radius 1 is 1.35 bits per heavy atom. The molecule has 0 bridgehead atoms. The molecule has 1 atom stereocenters. The van der Waals surface area contributed by atoms with Crippen LogP contribution in [-0.4, -0.2) is 27.1 Å². The summed E-state index contributed by atoms with van der Waals surface area (Å²) in [6.45, 7) is 0.800. The Bertz CT molecular complexity index is 860. The number of rotatable bonds is 2. The molecule has 1 aromatic carbocycles. The second-order valence-electron chi connectivity index (χ2n) is 5.50. The van der Waals surface area contributed by atoms with Crippen LogP contribution in [0.25, 0.3) is 0 Å². The second-order valence-corrected chi connectivity index (χ2v) is 7.19. The molecule has 1 N–H and O–H groups in total. The first-order chi connectivity index (χ1) is 11.0. The fourth-order valence-corrected chi connectivity index (χ4v) is 4.44. The Morgan fingerprint density at radius 3 is 3.00 bits per heavy atom. The van der Waals surface area contributed by atoms with E-state index in [0.717, 1.165) is 19.4 Å². The van der Waals surface area contributed by atoms with Crippen molar-refractivity contribution in [1.82, 2.24) is 4.72 Å². The number of ether oxygens (including phenoxy) is 1. The maximum Gasteiger partial charge on any atom is 0.346 e. The Labute approximate surface area is 132 Å². The van der Waals surface area contributed by atoms with E-state index in [4.69, 9.17) is 9.15 Å². The Hall–Kier alpha value is -2.32. The molecule has 8 heteroatoms. The number of nitrogens with zero attached hydrogens (tertiary/aromatic N) is 1. The van der Waals surface area contributed by atoms with E-state index in [1.807, 2.05) is 4.90 Å². The summed E-state index contributed by atoms with van der Waals surface area (Å²) < 4.78 is 37.5. The van der Waals surface area contributed by atoms with Crippen molar-refractivity contribution < 1.29 is 22.4 Å². The van der Waals surface area contributed by atoms with Crippen molar-refractivity contribution in [1.29, 1.82) is 0 Å². The summed E-state index contributed by atoms with van der Waals surface area (Å²) >= 11 is 0. The third-order valence-corrected chi connectivity index (χ3v) is 5.53. The Balaban J connectivity index is 1.69. The Morgan fingerprint density at radius 2 is 2.22 bits per heavy atom. The standard InChI is InChI=1S/C15H14N2O5S/c18-15(10-5-7-21-9-10)22-11-3-4-12-13(8-11)23(19,20)16-14-2-1-6-17(12)14/h3-5,7-9,14,16H,1-2,6H2. The van der Waals surface area contributed by atoms with Crippen molar-refractivity contribution in [3.63, 3.8) is 0 Å². The molecule has 0 radical (unpaired) electrons. The molecule has 120 valence electrons. The molecular weight excluding hydrogens is 320 g/mol. The number of fused-ring (bicyclic) bond motifs is 3. The smallest absolute Gasteiger partial charge is 0.346 e. The summed E-state index contributed by atoms with van der Waals surface area (Å²) in [7, 11) is -3.61. The third kappa shape index (κ3) is 2.40. The van der Waals surface area contributed by atoms with Crippen molar-refractivity contribution in [3.8, 4) is 5.75 Å². The van der Waals surface area contributed by atoms with Crippen LogP contribution in [-0.2, 0) is 10.0 Å². The van der Waals surface area contributed by atoms with Crippen molar-refractivity contribution in [3.05, 3.63) is 42.4 Å². The van der Waals surface area contributed by atoms with E-state index >= 15 is 0 Å². The number of furan rings is 1. The first-order valence-electron chi connectivity index (χ1n) is 7.22. The van der Waals surface area contributed by atoms with E-state index in [1.165, 1.54) is 24.7 Å². The molecule has 2 aliphatic heterocycles. The second kappa shape index (κ2) is 5.10. The summed E-state index contributed by atoms with van der Waals surface area (Å²) in [5.41, 5.74) is 0.915. The molecule has 0 saturated carbocycles. The predicted molar refractivity (Wildman–Crippen MR) is 80.8 cm³/mol. The van der Waals surface area contributed by atoms with Gasteiger partial charge in [0.15, 0.2) is 0 Å². The maximum absolute atomic E-state index is 12.4. The molecule has 1 fully saturated rings. The van der Waals surface area contributed by atoms with Gasteiger partial charge in [-0.25, -0.2) is 13.2 Å². The zero-order valence-corrected chi connectivity index (χ0v) is 12.9. The molecule has 1 unspecified atom stereocenters. The number of sulfonamides is 1. The van der Waals surface area contributed by atoms with E-state index in [-0.39, 0.29) is 22.4 Å². The minimum Gasteiger partial charge on any atom is -0.472 e. The first-order valence-corrected chi connectivity index (χ1v) is 8.70. The van der Waals surface area contributed by atoms with Crippen LogP contribution in [0.3, 0.4) is 0 Å². The lowest BCUT2D eigenvalue weighted by Crippen LogP contribution is -2.48. The van der Waals surface area contributed by atoms with Crippen molar-refractivity contribution in [2.45, 2.75) is 23.9 Å². The van der Waals surface area contributed by atoms with Crippen LogP contribution in [0.1, 0.15) is 23.2 Å². The van der Waals surface area contributed by atoms with Gasteiger partial charge in [0.2, 0.25) is 10.0 Å². The van der Waals surface area contributed by atoms with Crippen LogP contribution < -0.4 is 14.4 Å². The van der Waals surface area contributed by atoms with Gasteiger partial charge in [-0.3, -0.25) is 0 Å². The predicted octanol–water partition coefficient (Wildman–Crippen LogP) is 1.72. The number of esters is 1. The monoisotopic (exact) mass is 334 g/mol. The van der Waals surface area contributed by atoms with Crippen molar-refractivity contribution >= 4 is 21.7 Å². The quantitative estimate of drug-likeness (QED) is 0.664. The summed E-state index contributed by atoms with van der Waals surface area (Å²) in [6, 6.07) is 6.15. The lowest BCUT2D eigenvalue weighted by molar-refractivity contribution is 0.0733. The SMILES string of the molecule is O=C(Oc1ccc2c(c1)S(=O)(=O)NC1CCCN21)c1ccoc1. The molecule has 1 aromatic heterocycles. The number of nitrogens with one attached hydrogen (secondary N) is 1. The van der Waals surface area contributed by atoms with Gasteiger partial charge in [-0.15, -0.1) is 0 Å². The van der Waals surface area contributed by atoms with E-state index in [0.29, 0.717) is 5.69 Å². The van der Waals surface area contributed by atoms with Crippen LogP contribution in [0, 0.1) is 0 Å². The molecular formula is C15H14N2O5S. The largest absolute Gasteiger partial charge is 0.472 e. The topological polar surface area (TPSA) is 88.8 Å². The lowest BCUT2D eigenvalue weighted by atomic mass is 10.2. The first kappa shape index (κ1) is 14.3. The molecule has 1 saturated heterocycles. The highest BCUT2D eigenvalue weighted by molar-refractivity contribution is 7.89. The van der Waals surface area contributed by atoms with Crippen LogP contribution in [0.15, 0.2) is 46.1 Å². The molecule has 4 rings (SSSR count). The normalized spacial score (nSPS) is 21.6. The van der Waals surface area contributed by atoms with E-state index in [1.54, 1.807) is 12.1 Å². The van der Waals surface area contributed by atoms with Gasteiger partial charge < -0.3 is 14.1 Å². The fourth-order valence-electron chi connectivity index (χ4n) is 2.98. The lowest BCUT2D eigenvalue weighted by Gasteiger charge is -2.33. The molecule has 2 aromatic rings. The minimum atomic E-state index is -3.61. The number of anilines is 1. The zero-order chi connectivity index (χ0) is 16.0. The molecule has 0 aliphatic carbocycles. The average molecular weight is 334 g/mol. The Kier molecular flexibility index (Phi) is 3.17. The third-order valence-electron chi connectivity index (χ3n) is 4.04. The molecule has 23 heavy (non-hydrogen) atoms. The van der Waals surface area contributed by atoms with E-state index < -0.39 is 16.0 Å². The number of benzene rings is 1. The highest BCUT2D eigenvalue weighted by Gasteiger charge is 2.37. The van der Waals surface area contributed by atoms with Crippen molar-refractivity contribution in [2.75, 3.05) is 11.4 Å². The average Bonchev–Trinajstić information content (AvgIpc) is 3.17. The van der Waals surface area contributed by atoms with Crippen LogP contribution >= 0.6 is 0 Å². The van der Waals surface area contributed by atoms with Gasteiger partial charge in [0.1, 0.15) is 16.9 Å². The van der Waals surface area contributed by atoms with Crippen molar-refractivity contribution in [2.24, 2.45) is 0 Å². The number of hydrogen-bond acceptors (Lipinski definition) is 6. The van der Waals surface area contributed by atoms with Crippen LogP contribution in [0.2, 0.25) is 0 Å². The van der Waals surface area contributed by atoms with Gasteiger partial charge >= 0.3 is 5.97 Å². The molecule has 0 amide bonds. The van der Waals surface area contributed by atoms with E-state index in [9.17, 15) is 13.2 Å². The highest BCUT2D eigenvalue weighted by Crippen LogP contribution is 2.37. The fraction of sp³-hybridized carbons (Fsp3) is 0.267. The summed E-state index contributed by atoms with van der Waals surface area (Å²) in [6.07, 6.45) is 4.17. The minimum absolute atomic E-state index is 0.133. The molecule has 2 aliphatic rings. The van der Waals surface area contributed by atoms with Gasteiger partial charge in [0.25, 0.3) is 0 Å². The highest BCUT2D eigenvalue weighted by atomic mass is 32.2. The van der Waals surface area contributed by atoms with Gasteiger partial charge in [-0.1, -0.05) is 0 Å². The van der Waals surface area contributed by atoms with Gasteiger partial charge in [-0.05, 0) is 31.0 Å². The number of hydrogen-bond donors (Lipinski definition) is 1. The number of carbonyl (C=O) groups excluding carboxylic acids is 1. The summed E-state index contributed by atoms with van der Waals surface area (Å²) in [5, 5.41) is 0. The maximum atomic E-state index is 12.4. The molecule has 3 heterocycles. The zero-order valence-electron chi connectivity index (χ0n) is 12.1. The summed E-state index contributed by atoms with van der Waals surface area (Å²) in [5.74, 6) is -0.420. The molecule has 7 nitrogen and oxygen atoms in total. The van der Waals surface area contributed by atoms with Crippen LogP contribution in [0.5, 0.6) is 5.75 Å².